The van der Waals surface area contributed by atoms with Crippen LogP contribution in [0.2, 0.25) is 0 Å². The van der Waals surface area contributed by atoms with E-state index in [4.69, 9.17) is 4.52 Å². The predicted molar refractivity (Wildman–Crippen MR) is 76.3 cm³/mol. The molecule has 0 aliphatic heterocycles. The Balaban J connectivity index is 2.79. The van der Waals surface area contributed by atoms with Gasteiger partial charge in [0.05, 0.1) is 0 Å². The van der Waals surface area contributed by atoms with Crippen LogP contribution < -0.4 is 5.30 Å². The SMILES string of the molecule is CCCCO[PH](CC)(CC)c1ccccc1. The molecule has 1 aromatic rings. The van der Waals surface area contributed by atoms with Crippen LogP contribution in [0.3, 0.4) is 0 Å². The van der Waals surface area contributed by atoms with E-state index in [1.165, 1.54) is 30.5 Å². The predicted octanol–water partition coefficient (Wildman–Crippen LogP) is 3.83. The minimum atomic E-state index is -1.66. The zero-order valence-electron chi connectivity index (χ0n) is 10.8. The molecule has 0 spiro atoms. The normalized spacial score (nSPS) is 12.7. The number of benzene rings is 1. The van der Waals surface area contributed by atoms with Crippen molar-refractivity contribution in [3.05, 3.63) is 30.3 Å². The summed E-state index contributed by atoms with van der Waals surface area (Å²) < 4.78 is 6.29. The number of rotatable bonds is 7. The monoisotopic (exact) mass is 240 g/mol. The first-order valence-corrected chi connectivity index (χ1v) is 8.80. The molecule has 0 aliphatic rings. The van der Waals surface area contributed by atoms with E-state index in [1.54, 1.807) is 0 Å². The third-order valence-corrected chi connectivity index (χ3v) is 7.75. The molecule has 0 atom stereocenters. The Bertz CT molecular complexity index is 280. The van der Waals surface area contributed by atoms with Crippen molar-refractivity contribution in [2.75, 3.05) is 18.9 Å². The quantitative estimate of drug-likeness (QED) is 0.520. The van der Waals surface area contributed by atoms with Gasteiger partial charge in [0.15, 0.2) is 0 Å². The van der Waals surface area contributed by atoms with Crippen LogP contribution in [-0.4, -0.2) is 18.9 Å². The molecule has 0 unspecified atom stereocenters. The maximum absolute atomic E-state index is 6.29. The summed E-state index contributed by atoms with van der Waals surface area (Å²) >= 11 is 0. The molecule has 1 rings (SSSR count). The summed E-state index contributed by atoms with van der Waals surface area (Å²) in [5.41, 5.74) is 0. The topological polar surface area (TPSA) is 9.23 Å². The van der Waals surface area contributed by atoms with E-state index in [2.05, 4.69) is 51.1 Å². The van der Waals surface area contributed by atoms with Gasteiger partial charge in [-0.25, -0.2) is 0 Å². The Morgan fingerprint density at radius 1 is 1.00 bits per heavy atom. The van der Waals surface area contributed by atoms with Crippen LogP contribution in [0.25, 0.3) is 0 Å². The average molecular weight is 240 g/mol. The van der Waals surface area contributed by atoms with Crippen LogP contribution >= 0.6 is 7.49 Å². The molecule has 0 saturated heterocycles. The van der Waals surface area contributed by atoms with Crippen LogP contribution in [0, 0.1) is 0 Å². The summed E-state index contributed by atoms with van der Waals surface area (Å²) in [4.78, 5) is 0. The van der Waals surface area contributed by atoms with Gasteiger partial charge in [-0.05, 0) is 0 Å². The molecule has 0 radical (unpaired) electrons. The fourth-order valence-electron chi connectivity index (χ4n) is 2.10. The van der Waals surface area contributed by atoms with Gasteiger partial charge in [0, 0.05) is 0 Å². The fraction of sp³-hybridized carbons (Fsp3) is 0.571. The second-order valence-electron chi connectivity index (χ2n) is 4.27. The summed E-state index contributed by atoms with van der Waals surface area (Å²) in [5.74, 6) is 0. The molecule has 2 heteroatoms. The van der Waals surface area contributed by atoms with Crippen molar-refractivity contribution in [2.24, 2.45) is 0 Å². The maximum atomic E-state index is 6.29. The molecule has 0 aromatic heterocycles. The molecule has 0 aliphatic carbocycles. The summed E-state index contributed by atoms with van der Waals surface area (Å²) in [6.45, 7) is 7.69. The van der Waals surface area contributed by atoms with Gasteiger partial charge in [0.25, 0.3) is 0 Å². The van der Waals surface area contributed by atoms with Gasteiger partial charge < -0.3 is 0 Å². The first-order valence-electron chi connectivity index (χ1n) is 6.48. The van der Waals surface area contributed by atoms with Gasteiger partial charge in [0.1, 0.15) is 0 Å². The second kappa shape index (κ2) is 7.04. The fourth-order valence-corrected chi connectivity index (χ4v) is 5.33. The minimum absolute atomic E-state index is 0.930. The average Bonchev–Trinajstić information content (AvgIpc) is 2.36. The van der Waals surface area contributed by atoms with E-state index < -0.39 is 7.49 Å². The van der Waals surface area contributed by atoms with Gasteiger partial charge in [0.2, 0.25) is 0 Å². The molecule has 0 heterocycles. The van der Waals surface area contributed by atoms with Crippen LogP contribution in [0.4, 0.5) is 0 Å². The Hall–Kier alpha value is -0.390. The van der Waals surface area contributed by atoms with E-state index >= 15 is 0 Å². The molecule has 0 N–H and O–H groups in total. The van der Waals surface area contributed by atoms with E-state index in [9.17, 15) is 0 Å². The van der Waals surface area contributed by atoms with Crippen molar-refractivity contribution in [1.82, 2.24) is 0 Å². The molecular formula is C14H25OP. The van der Waals surface area contributed by atoms with Crippen molar-refractivity contribution < 1.29 is 4.52 Å². The van der Waals surface area contributed by atoms with Crippen molar-refractivity contribution in [2.45, 2.75) is 33.6 Å². The first-order chi connectivity index (χ1) is 7.79. The number of unbranched alkanes of at least 4 members (excludes halogenated alkanes) is 1. The van der Waals surface area contributed by atoms with E-state index in [0.717, 1.165) is 6.61 Å². The Labute approximate surface area is 101 Å². The van der Waals surface area contributed by atoms with Gasteiger partial charge in [-0.2, -0.15) is 0 Å². The first kappa shape index (κ1) is 13.7. The zero-order valence-corrected chi connectivity index (χ0v) is 11.8. The van der Waals surface area contributed by atoms with Gasteiger partial charge in [-0.3, -0.25) is 0 Å². The Kier molecular flexibility index (Phi) is 6.01. The Morgan fingerprint density at radius 3 is 2.12 bits per heavy atom. The van der Waals surface area contributed by atoms with Crippen molar-refractivity contribution in [1.29, 1.82) is 0 Å². The van der Waals surface area contributed by atoms with Crippen molar-refractivity contribution in [3.63, 3.8) is 0 Å². The van der Waals surface area contributed by atoms with Crippen LogP contribution in [0.1, 0.15) is 33.6 Å². The standard InChI is InChI=1S/C14H25OP/c1-4-7-13-15-16(5-2,6-3)14-11-9-8-10-12-14/h8-12,16H,4-7,13H2,1-3H3. The summed E-state index contributed by atoms with van der Waals surface area (Å²) in [5, 5.41) is 1.45. The molecule has 0 fully saturated rings. The number of hydrogen-bond donors (Lipinski definition) is 0. The molecular weight excluding hydrogens is 215 g/mol. The Morgan fingerprint density at radius 2 is 1.62 bits per heavy atom. The molecule has 1 aromatic carbocycles. The van der Waals surface area contributed by atoms with E-state index in [0.29, 0.717) is 0 Å². The van der Waals surface area contributed by atoms with Gasteiger partial charge >= 0.3 is 100 Å². The number of hydrogen-bond acceptors (Lipinski definition) is 1. The molecule has 16 heavy (non-hydrogen) atoms. The molecule has 92 valence electrons. The third-order valence-electron chi connectivity index (χ3n) is 3.32. The van der Waals surface area contributed by atoms with Crippen LogP contribution in [0.15, 0.2) is 30.3 Å². The van der Waals surface area contributed by atoms with E-state index in [1.807, 2.05) is 0 Å². The van der Waals surface area contributed by atoms with Crippen LogP contribution in [0.5, 0.6) is 0 Å². The summed E-state index contributed by atoms with van der Waals surface area (Å²) in [6.07, 6.45) is 4.75. The summed E-state index contributed by atoms with van der Waals surface area (Å²) in [6, 6.07) is 10.8. The molecule has 0 saturated carbocycles. The van der Waals surface area contributed by atoms with Crippen molar-refractivity contribution >= 4 is 12.8 Å². The zero-order chi connectivity index (χ0) is 11.9. The van der Waals surface area contributed by atoms with Gasteiger partial charge in [-0.15, -0.1) is 0 Å². The van der Waals surface area contributed by atoms with E-state index in [-0.39, 0.29) is 0 Å². The summed E-state index contributed by atoms with van der Waals surface area (Å²) in [7, 11) is -1.66. The molecule has 0 amide bonds. The second-order valence-corrected chi connectivity index (χ2v) is 8.54. The van der Waals surface area contributed by atoms with Gasteiger partial charge in [-0.1, -0.05) is 0 Å². The molecule has 1 nitrogen and oxygen atoms in total. The third kappa shape index (κ3) is 3.30. The van der Waals surface area contributed by atoms with Crippen molar-refractivity contribution in [3.8, 4) is 0 Å². The van der Waals surface area contributed by atoms with Crippen LogP contribution in [-0.2, 0) is 4.52 Å². The molecule has 0 bridgehead atoms.